The smallest absolute Gasteiger partial charge is 0.167 e. The standard InChI is InChI=1S/C14H21NO4/c1-14(6-7-15)18-9-13(19-14)10-4-5-11(16-2)12(8-10)17-3/h4-5,8,13H,6-7,9,15H2,1-3H3. The molecule has 1 fully saturated rings. The molecule has 0 aliphatic carbocycles. The lowest BCUT2D eigenvalue weighted by Crippen LogP contribution is -2.28. The summed E-state index contributed by atoms with van der Waals surface area (Å²) >= 11 is 0. The zero-order chi connectivity index (χ0) is 13.9. The fraction of sp³-hybridized carbons (Fsp3) is 0.571. The fourth-order valence-electron chi connectivity index (χ4n) is 2.23. The van der Waals surface area contributed by atoms with E-state index in [4.69, 9.17) is 24.7 Å². The van der Waals surface area contributed by atoms with Gasteiger partial charge >= 0.3 is 0 Å². The molecule has 1 aromatic rings. The van der Waals surface area contributed by atoms with Crippen LogP contribution in [-0.2, 0) is 9.47 Å². The molecule has 1 aliphatic heterocycles. The SMILES string of the molecule is COc1ccc(C2COC(C)(CCN)O2)cc1OC. The van der Waals surface area contributed by atoms with Crippen LogP contribution in [0.1, 0.15) is 25.0 Å². The van der Waals surface area contributed by atoms with E-state index < -0.39 is 5.79 Å². The Morgan fingerprint density at radius 2 is 2.05 bits per heavy atom. The average Bonchev–Trinajstić information content (AvgIpc) is 2.80. The van der Waals surface area contributed by atoms with Crippen LogP contribution < -0.4 is 15.2 Å². The molecular weight excluding hydrogens is 246 g/mol. The van der Waals surface area contributed by atoms with Crippen LogP contribution in [0.25, 0.3) is 0 Å². The van der Waals surface area contributed by atoms with Crippen molar-refractivity contribution in [1.82, 2.24) is 0 Å². The van der Waals surface area contributed by atoms with Crippen LogP contribution in [0.2, 0.25) is 0 Å². The molecule has 0 bridgehead atoms. The molecule has 2 N–H and O–H groups in total. The molecule has 106 valence electrons. The van der Waals surface area contributed by atoms with E-state index in [9.17, 15) is 0 Å². The number of nitrogens with two attached hydrogens (primary N) is 1. The Bertz CT molecular complexity index is 437. The van der Waals surface area contributed by atoms with Crippen LogP contribution in [0.3, 0.4) is 0 Å². The molecule has 0 saturated carbocycles. The van der Waals surface area contributed by atoms with Crippen molar-refractivity contribution >= 4 is 0 Å². The van der Waals surface area contributed by atoms with Crippen molar-refractivity contribution in [1.29, 1.82) is 0 Å². The van der Waals surface area contributed by atoms with Crippen LogP contribution in [0.4, 0.5) is 0 Å². The Labute approximate surface area is 113 Å². The molecule has 0 aromatic heterocycles. The molecule has 2 unspecified atom stereocenters. The molecule has 19 heavy (non-hydrogen) atoms. The molecule has 1 aliphatic rings. The van der Waals surface area contributed by atoms with Crippen molar-refractivity contribution < 1.29 is 18.9 Å². The number of methoxy groups -OCH3 is 2. The first-order valence-electron chi connectivity index (χ1n) is 6.35. The first-order valence-corrected chi connectivity index (χ1v) is 6.35. The molecule has 5 heteroatoms. The van der Waals surface area contributed by atoms with Gasteiger partial charge in [-0.3, -0.25) is 0 Å². The van der Waals surface area contributed by atoms with E-state index in [0.29, 0.717) is 31.1 Å². The number of hydrogen-bond acceptors (Lipinski definition) is 5. The maximum Gasteiger partial charge on any atom is 0.167 e. The van der Waals surface area contributed by atoms with Crippen molar-refractivity contribution in [3.63, 3.8) is 0 Å². The van der Waals surface area contributed by atoms with Gasteiger partial charge in [-0.15, -0.1) is 0 Å². The van der Waals surface area contributed by atoms with Crippen LogP contribution >= 0.6 is 0 Å². The van der Waals surface area contributed by atoms with Gasteiger partial charge in [0.25, 0.3) is 0 Å². The first kappa shape index (κ1) is 14.1. The third-order valence-corrected chi connectivity index (χ3v) is 3.31. The Balaban J connectivity index is 2.15. The second kappa shape index (κ2) is 5.77. The van der Waals surface area contributed by atoms with Crippen molar-refractivity contribution in [2.24, 2.45) is 5.73 Å². The lowest BCUT2D eigenvalue weighted by Gasteiger charge is -2.22. The quantitative estimate of drug-likeness (QED) is 0.882. The number of benzene rings is 1. The Morgan fingerprint density at radius 3 is 2.68 bits per heavy atom. The number of ether oxygens (including phenoxy) is 4. The molecule has 0 amide bonds. The predicted molar refractivity (Wildman–Crippen MR) is 71.4 cm³/mol. The maximum absolute atomic E-state index is 5.95. The van der Waals surface area contributed by atoms with Gasteiger partial charge in [0.1, 0.15) is 6.10 Å². The first-order chi connectivity index (χ1) is 9.11. The van der Waals surface area contributed by atoms with Gasteiger partial charge in [0, 0.05) is 6.42 Å². The van der Waals surface area contributed by atoms with Crippen LogP contribution in [0.15, 0.2) is 18.2 Å². The summed E-state index contributed by atoms with van der Waals surface area (Å²) in [7, 11) is 3.23. The van der Waals surface area contributed by atoms with Crippen molar-refractivity contribution in [2.45, 2.75) is 25.2 Å². The summed E-state index contributed by atoms with van der Waals surface area (Å²) < 4.78 is 22.2. The van der Waals surface area contributed by atoms with E-state index in [1.54, 1.807) is 14.2 Å². The highest BCUT2D eigenvalue weighted by Crippen LogP contribution is 2.38. The van der Waals surface area contributed by atoms with Gasteiger partial charge in [0.05, 0.1) is 20.8 Å². The summed E-state index contributed by atoms with van der Waals surface area (Å²) in [5.41, 5.74) is 6.58. The molecule has 2 atom stereocenters. The average molecular weight is 267 g/mol. The highest BCUT2D eigenvalue weighted by atomic mass is 16.7. The van der Waals surface area contributed by atoms with E-state index in [2.05, 4.69) is 0 Å². The number of rotatable bonds is 5. The maximum atomic E-state index is 5.95. The lowest BCUT2D eigenvalue weighted by molar-refractivity contribution is -0.157. The van der Waals surface area contributed by atoms with Gasteiger partial charge in [-0.2, -0.15) is 0 Å². The Morgan fingerprint density at radius 1 is 1.32 bits per heavy atom. The molecular formula is C14H21NO4. The van der Waals surface area contributed by atoms with Crippen molar-refractivity contribution in [3.8, 4) is 11.5 Å². The van der Waals surface area contributed by atoms with Gasteiger partial charge < -0.3 is 24.7 Å². The highest BCUT2D eigenvalue weighted by Gasteiger charge is 2.37. The molecule has 1 aromatic carbocycles. The third kappa shape index (κ3) is 3.00. The van der Waals surface area contributed by atoms with Gasteiger partial charge in [0.15, 0.2) is 17.3 Å². The van der Waals surface area contributed by atoms with Gasteiger partial charge in [-0.05, 0) is 31.2 Å². The molecule has 1 saturated heterocycles. The van der Waals surface area contributed by atoms with Gasteiger partial charge in [-0.25, -0.2) is 0 Å². The normalized spacial score (nSPS) is 26.4. The lowest BCUT2D eigenvalue weighted by atomic mass is 10.1. The monoisotopic (exact) mass is 267 g/mol. The van der Waals surface area contributed by atoms with Crippen molar-refractivity contribution in [3.05, 3.63) is 23.8 Å². The van der Waals surface area contributed by atoms with Crippen molar-refractivity contribution in [2.75, 3.05) is 27.4 Å². The summed E-state index contributed by atoms with van der Waals surface area (Å²) in [5.74, 6) is 0.804. The fourth-order valence-corrected chi connectivity index (χ4v) is 2.23. The summed E-state index contributed by atoms with van der Waals surface area (Å²) in [6, 6.07) is 5.75. The topological polar surface area (TPSA) is 62.9 Å². The van der Waals surface area contributed by atoms with E-state index in [0.717, 1.165) is 5.56 Å². The van der Waals surface area contributed by atoms with E-state index >= 15 is 0 Å². The van der Waals surface area contributed by atoms with Gasteiger partial charge in [-0.1, -0.05) is 6.07 Å². The van der Waals surface area contributed by atoms with E-state index in [1.165, 1.54) is 0 Å². The highest BCUT2D eigenvalue weighted by molar-refractivity contribution is 5.43. The molecule has 2 rings (SSSR count). The second-order valence-electron chi connectivity index (χ2n) is 4.70. The molecule has 0 spiro atoms. The van der Waals surface area contributed by atoms with E-state index in [1.807, 2.05) is 25.1 Å². The second-order valence-corrected chi connectivity index (χ2v) is 4.70. The van der Waals surface area contributed by atoms with Crippen LogP contribution in [0, 0.1) is 0 Å². The minimum Gasteiger partial charge on any atom is -0.493 e. The summed E-state index contributed by atoms with van der Waals surface area (Å²) in [6.07, 6.45) is 0.577. The minimum absolute atomic E-state index is 0.101. The summed E-state index contributed by atoms with van der Waals surface area (Å²) in [5, 5.41) is 0. The number of hydrogen-bond donors (Lipinski definition) is 1. The molecule has 1 heterocycles. The molecule has 5 nitrogen and oxygen atoms in total. The minimum atomic E-state index is -0.591. The largest absolute Gasteiger partial charge is 0.493 e. The van der Waals surface area contributed by atoms with Crippen LogP contribution in [0.5, 0.6) is 11.5 Å². The zero-order valence-corrected chi connectivity index (χ0v) is 11.6. The summed E-state index contributed by atoms with van der Waals surface area (Å²) in [4.78, 5) is 0. The third-order valence-electron chi connectivity index (χ3n) is 3.31. The summed E-state index contributed by atoms with van der Waals surface area (Å²) in [6.45, 7) is 2.97. The molecule has 0 radical (unpaired) electrons. The Kier molecular flexibility index (Phi) is 4.29. The zero-order valence-electron chi connectivity index (χ0n) is 11.6. The van der Waals surface area contributed by atoms with Crippen LogP contribution in [-0.4, -0.2) is 33.2 Å². The van der Waals surface area contributed by atoms with Gasteiger partial charge in [0.2, 0.25) is 0 Å². The Hall–Kier alpha value is -1.30. The predicted octanol–water partition coefficient (Wildman–Crippen LogP) is 1.86. The van der Waals surface area contributed by atoms with E-state index in [-0.39, 0.29) is 6.10 Å².